The third-order valence-corrected chi connectivity index (χ3v) is 3.96. The van der Waals surface area contributed by atoms with Gasteiger partial charge in [-0.1, -0.05) is 30.3 Å². The Morgan fingerprint density at radius 1 is 1.09 bits per heavy atom. The van der Waals surface area contributed by atoms with E-state index in [9.17, 15) is 4.79 Å². The first kappa shape index (κ1) is 14.5. The molecule has 22 heavy (non-hydrogen) atoms. The van der Waals surface area contributed by atoms with Crippen molar-refractivity contribution in [2.45, 2.75) is 6.54 Å². The number of piperazine rings is 1. The van der Waals surface area contributed by atoms with Crippen LogP contribution in [0.25, 0.3) is 0 Å². The van der Waals surface area contributed by atoms with Crippen molar-refractivity contribution in [3.63, 3.8) is 0 Å². The number of benzene rings is 1. The fourth-order valence-corrected chi connectivity index (χ4v) is 2.72. The highest BCUT2D eigenvalue weighted by molar-refractivity contribution is 5.88. The lowest BCUT2D eigenvalue weighted by atomic mass is 10.2. The first-order valence-electron chi connectivity index (χ1n) is 7.42. The molecule has 0 amide bonds. The van der Waals surface area contributed by atoms with Crippen LogP contribution >= 0.6 is 0 Å². The van der Waals surface area contributed by atoms with Crippen molar-refractivity contribution >= 4 is 11.7 Å². The number of rotatable bonds is 4. The molecular weight excluding hydrogens is 278 g/mol. The third kappa shape index (κ3) is 3.43. The van der Waals surface area contributed by atoms with Gasteiger partial charge in [0.15, 0.2) is 0 Å². The topological polar surface area (TPSA) is 56.7 Å². The normalized spacial score (nSPS) is 15.7. The Morgan fingerprint density at radius 2 is 1.82 bits per heavy atom. The molecule has 0 atom stereocenters. The van der Waals surface area contributed by atoms with E-state index in [0.29, 0.717) is 0 Å². The van der Waals surface area contributed by atoms with Gasteiger partial charge < -0.3 is 10.0 Å². The average molecular weight is 297 g/mol. The Balaban J connectivity index is 1.60. The van der Waals surface area contributed by atoms with Crippen LogP contribution in [0.5, 0.6) is 0 Å². The van der Waals surface area contributed by atoms with E-state index in [0.717, 1.165) is 38.4 Å². The first-order valence-corrected chi connectivity index (χ1v) is 7.42. The van der Waals surface area contributed by atoms with Crippen molar-refractivity contribution in [3.8, 4) is 0 Å². The van der Waals surface area contributed by atoms with Crippen LogP contribution in [-0.2, 0) is 6.54 Å². The molecule has 1 aromatic heterocycles. The third-order valence-electron chi connectivity index (χ3n) is 3.96. The zero-order valence-electron chi connectivity index (χ0n) is 12.4. The maximum atomic E-state index is 11.0. The Bertz CT molecular complexity index is 637. The van der Waals surface area contributed by atoms with Gasteiger partial charge >= 0.3 is 5.97 Å². The van der Waals surface area contributed by atoms with Crippen LogP contribution in [0.3, 0.4) is 0 Å². The van der Waals surface area contributed by atoms with Crippen LogP contribution in [-0.4, -0.2) is 47.1 Å². The van der Waals surface area contributed by atoms with Crippen molar-refractivity contribution in [1.82, 2.24) is 9.88 Å². The minimum absolute atomic E-state index is 0.240. The van der Waals surface area contributed by atoms with Crippen molar-refractivity contribution in [2.75, 3.05) is 31.1 Å². The molecule has 1 saturated heterocycles. The summed E-state index contributed by atoms with van der Waals surface area (Å²) in [5.74, 6) is -0.933. The molecule has 0 unspecified atom stereocenters. The molecule has 0 bridgehead atoms. The lowest BCUT2D eigenvalue weighted by molar-refractivity contribution is 0.0696. The summed E-state index contributed by atoms with van der Waals surface area (Å²) in [5, 5.41) is 9.05. The summed E-state index contributed by atoms with van der Waals surface area (Å²) in [5.41, 5.74) is 2.45. The van der Waals surface area contributed by atoms with Crippen molar-refractivity contribution in [2.24, 2.45) is 0 Å². The molecule has 1 fully saturated rings. The predicted molar refractivity (Wildman–Crippen MR) is 85.1 cm³/mol. The number of carbonyl (C=O) groups is 1. The smallest absolute Gasteiger partial charge is 0.337 e. The number of nitrogens with zero attached hydrogens (tertiary/aromatic N) is 3. The molecule has 0 spiro atoms. The van der Waals surface area contributed by atoms with Crippen LogP contribution < -0.4 is 4.90 Å². The predicted octanol–water partition coefficient (Wildman–Crippen LogP) is 2.10. The zero-order valence-corrected chi connectivity index (χ0v) is 12.4. The van der Waals surface area contributed by atoms with E-state index in [4.69, 9.17) is 5.11 Å². The van der Waals surface area contributed by atoms with E-state index in [1.165, 1.54) is 11.8 Å². The molecule has 0 radical (unpaired) electrons. The van der Waals surface area contributed by atoms with E-state index >= 15 is 0 Å². The van der Waals surface area contributed by atoms with Crippen LogP contribution in [0.2, 0.25) is 0 Å². The Kier molecular flexibility index (Phi) is 4.34. The fraction of sp³-hybridized carbons (Fsp3) is 0.294. The number of carboxylic acids is 1. The number of pyridine rings is 1. The summed E-state index contributed by atoms with van der Waals surface area (Å²) in [7, 11) is 0. The fourth-order valence-electron chi connectivity index (χ4n) is 2.72. The van der Waals surface area contributed by atoms with Crippen molar-refractivity contribution < 1.29 is 9.90 Å². The quantitative estimate of drug-likeness (QED) is 0.936. The van der Waals surface area contributed by atoms with Gasteiger partial charge in [-0.25, -0.2) is 4.79 Å². The highest BCUT2D eigenvalue weighted by Gasteiger charge is 2.18. The first-order chi connectivity index (χ1) is 10.7. The van der Waals surface area contributed by atoms with Gasteiger partial charge in [0.05, 0.1) is 17.4 Å². The Hall–Kier alpha value is -2.40. The molecule has 5 nitrogen and oxygen atoms in total. The molecule has 1 N–H and O–H groups in total. The number of aromatic nitrogens is 1. The lowest BCUT2D eigenvalue weighted by Crippen LogP contribution is -2.46. The van der Waals surface area contributed by atoms with Gasteiger partial charge in [0, 0.05) is 38.9 Å². The van der Waals surface area contributed by atoms with Crippen molar-refractivity contribution in [3.05, 3.63) is 59.9 Å². The van der Waals surface area contributed by atoms with Gasteiger partial charge in [0.25, 0.3) is 0 Å². The summed E-state index contributed by atoms with van der Waals surface area (Å²) in [6.07, 6.45) is 3.12. The summed E-state index contributed by atoms with van der Waals surface area (Å²) in [6.45, 7) is 4.66. The maximum absolute atomic E-state index is 11.0. The van der Waals surface area contributed by atoms with E-state index in [-0.39, 0.29) is 5.56 Å². The van der Waals surface area contributed by atoms with Gasteiger partial charge in [-0.3, -0.25) is 9.88 Å². The second-order valence-corrected chi connectivity index (χ2v) is 5.49. The minimum Gasteiger partial charge on any atom is -0.478 e. The molecule has 2 heterocycles. The number of aromatic carboxylic acids is 1. The van der Waals surface area contributed by atoms with Gasteiger partial charge in [-0.15, -0.1) is 0 Å². The van der Waals surface area contributed by atoms with Crippen LogP contribution in [0.15, 0.2) is 48.8 Å². The zero-order chi connectivity index (χ0) is 15.4. The van der Waals surface area contributed by atoms with Crippen molar-refractivity contribution in [1.29, 1.82) is 0 Å². The molecule has 114 valence electrons. The van der Waals surface area contributed by atoms with E-state index in [1.807, 2.05) is 6.07 Å². The van der Waals surface area contributed by atoms with Gasteiger partial charge in [0.1, 0.15) is 0 Å². The number of hydrogen-bond acceptors (Lipinski definition) is 4. The van der Waals surface area contributed by atoms with Crippen LogP contribution in [0.1, 0.15) is 15.9 Å². The highest BCUT2D eigenvalue weighted by atomic mass is 16.4. The molecule has 0 saturated carbocycles. The molecular formula is C17H19N3O2. The maximum Gasteiger partial charge on any atom is 0.337 e. The number of anilines is 1. The van der Waals surface area contributed by atoms with E-state index in [1.54, 1.807) is 12.3 Å². The largest absolute Gasteiger partial charge is 0.478 e. The van der Waals surface area contributed by atoms with Gasteiger partial charge in [-0.05, 0) is 11.6 Å². The Labute approximate surface area is 129 Å². The molecule has 1 aliphatic rings. The Morgan fingerprint density at radius 3 is 2.50 bits per heavy atom. The second-order valence-electron chi connectivity index (χ2n) is 5.49. The summed E-state index contributed by atoms with van der Waals surface area (Å²) in [4.78, 5) is 19.7. The summed E-state index contributed by atoms with van der Waals surface area (Å²) >= 11 is 0. The summed E-state index contributed by atoms with van der Waals surface area (Å²) < 4.78 is 0. The molecule has 0 aliphatic carbocycles. The number of hydrogen-bond donors (Lipinski definition) is 1. The molecule has 3 rings (SSSR count). The van der Waals surface area contributed by atoms with Crippen LogP contribution in [0.4, 0.5) is 5.69 Å². The molecule has 1 aromatic carbocycles. The second kappa shape index (κ2) is 6.58. The number of carboxylic acid groups (broad SMARTS) is 1. The average Bonchev–Trinajstić information content (AvgIpc) is 2.56. The highest BCUT2D eigenvalue weighted by Crippen LogP contribution is 2.17. The van der Waals surface area contributed by atoms with Crippen LogP contribution in [0, 0.1) is 0 Å². The standard InChI is InChI=1S/C17H19N3O2/c21-17(22)15-10-16(12-18-11-15)20-8-6-19(7-9-20)13-14-4-2-1-3-5-14/h1-5,10-12H,6-9,13H2,(H,21,22). The lowest BCUT2D eigenvalue weighted by Gasteiger charge is -2.36. The molecule has 5 heteroatoms. The van der Waals surface area contributed by atoms with Gasteiger partial charge in [-0.2, -0.15) is 0 Å². The molecule has 1 aliphatic heterocycles. The summed E-state index contributed by atoms with van der Waals surface area (Å²) in [6, 6.07) is 12.1. The van der Waals surface area contributed by atoms with E-state index in [2.05, 4.69) is 39.0 Å². The SMILES string of the molecule is O=C(O)c1cncc(N2CCN(Cc3ccccc3)CC2)c1. The monoisotopic (exact) mass is 297 g/mol. The minimum atomic E-state index is -0.933. The molecule has 2 aromatic rings. The van der Waals surface area contributed by atoms with E-state index < -0.39 is 5.97 Å². The van der Waals surface area contributed by atoms with Gasteiger partial charge in [0.2, 0.25) is 0 Å².